The van der Waals surface area contributed by atoms with E-state index in [1.807, 2.05) is 0 Å². The molecule has 1 fully saturated rings. The highest BCUT2D eigenvalue weighted by Gasteiger charge is 2.24. The van der Waals surface area contributed by atoms with Crippen molar-refractivity contribution in [2.45, 2.75) is 25.8 Å². The summed E-state index contributed by atoms with van der Waals surface area (Å²) in [4.78, 5) is 24.4. The van der Waals surface area contributed by atoms with E-state index in [1.54, 1.807) is 18.9 Å². The van der Waals surface area contributed by atoms with Crippen LogP contribution in [-0.4, -0.2) is 42.9 Å². The molecule has 1 saturated heterocycles. The van der Waals surface area contributed by atoms with E-state index in [0.717, 1.165) is 6.42 Å². The summed E-state index contributed by atoms with van der Waals surface area (Å²) in [7, 11) is 1.76. The molecule has 1 aliphatic rings. The molecule has 1 heterocycles. The fourth-order valence-electron chi connectivity index (χ4n) is 1.58. The van der Waals surface area contributed by atoms with Gasteiger partial charge >= 0.3 is 0 Å². The zero-order valence-corrected chi connectivity index (χ0v) is 9.32. The number of amides is 2. The lowest BCUT2D eigenvalue weighted by Crippen LogP contribution is -2.50. The fourth-order valence-corrected chi connectivity index (χ4v) is 1.58. The van der Waals surface area contributed by atoms with Gasteiger partial charge < -0.3 is 16.0 Å². The van der Waals surface area contributed by atoms with Gasteiger partial charge in [-0.15, -0.1) is 0 Å². The van der Waals surface area contributed by atoms with Crippen LogP contribution < -0.4 is 11.1 Å². The van der Waals surface area contributed by atoms with E-state index >= 15 is 0 Å². The van der Waals surface area contributed by atoms with Gasteiger partial charge in [0.05, 0.1) is 0 Å². The molecule has 0 saturated carbocycles. The van der Waals surface area contributed by atoms with Crippen molar-refractivity contribution in [2.75, 3.05) is 20.1 Å². The maximum Gasteiger partial charge on any atom is 0.224 e. The molecule has 2 atom stereocenters. The van der Waals surface area contributed by atoms with Crippen LogP contribution in [0.2, 0.25) is 0 Å². The Kier molecular flexibility index (Phi) is 4.08. The molecule has 5 nitrogen and oxygen atoms in total. The van der Waals surface area contributed by atoms with Crippen molar-refractivity contribution >= 4 is 11.8 Å². The smallest absolute Gasteiger partial charge is 0.224 e. The van der Waals surface area contributed by atoms with E-state index in [2.05, 4.69) is 5.32 Å². The van der Waals surface area contributed by atoms with Gasteiger partial charge in [0, 0.05) is 38.5 Å². The van der Waals surface area contributed by atoms with Crippen molar-refractivity contribution in [2.24, 2.45) is 11.7 Å². The van der Waals surface area contributed by atoms with Gasteiger partial charge in [-0.2, -0.15) is 0 Å². The lowest BCUT2D eigenvalue weighted by atomic mass is 10.0. The number of carbonyl (C=O) groups is 2. The third-order valence-corrected chi connectivity index (χ3v) is 2.77. The lowest BCUT2D eigenvalue weighted by Gasteiger charge is -2.30. The molecule has 0 radical (unpaired) electrons. The van der Waals surface area contributed by atoms with Crippen LogP contribution in [0.3, 0.4) is 0 Å². The molecule has 1 rings (SSSR count). The molecule has 0 bridgehead atoms. The normalized spacial score (nSPS) is 23.8. The number of piperidine rings is 1. The number of likely N-dealkylation sites (N-methyl/N-ethyl adjacent to an activating group) is 1. The van der Waals surface area contributed by atoms with E-state index in [9.17, 15) is 9.59 Å². The maximum absolute atomic E-state index is 11.5. The monoisotopic (exact) mass is 213 g/mol. The van der Waals surface area contributed by atoms with Gasteiger partial charge in [0.25, 0.3) is 0 Å². The summed E-state index contributed by atoms with van der Waals surface area (Å²) in [6.07, 6.45) is 1.24. The molecule has 0 aromatic carbocycles. The first-order chi connectivity index (χ1) is 7.04. The first-order valence-electron chi connectivity index (χ1n) is 5.29. The largest absolute Gasteiger partial charge is 0.351 e. The molecule has 2 amide bonds. The third kappa shape index (κ3) is 3.20. The molecular formula is C10H19N3O2. The van der Waals surface area contributed by atoms with E-state index < -0.39 is 0 Å². The van der Waals surface area contributed by atoms with E-state index in [-0.39, 0.29) is 23.8 Å². The first-order valence-corrected chi connectivity index (χ1v) is 5.29. The highest BCUT2D eigenvalue weighted by Crippen LogP contribution is 2.10. The fraction of sp³-hybridized carbons (Fsp3) is 0.800. The quantitative estimate of drug-likeness (QED) is 0.652. The topological polar surface area (TPSA) is 75.4 Å². The number of nitrogens with zero attached hydrogens (tertiary/aromatic N) is 1. The van der Waals surface area contributed by atoms with Crippen molar-refractivity contribution in [3.05, 3.63) is 0 Å². The van der Waals surface area contributed by atoms with Crippen molar-refractivity contribution in [3.63, 3.8) is 0 Å². The molecular weight excluding hydrogens is 194 g/mol. The standard InChI is InChI=1S/C10H19N3O2/c1-7(5-11)10(15)12-8-3-4-9(14)13(2)6-8/h7-8H,3-6,11H2,1-2H3,(H,12,15). The van der Waals surface area contributed by atoms with Crippen LogP contribution >= 0.6 is 0 Å². The van der Waals surface area contributed by atoms with Crippen LogP contribution in [0.5, 0.6) is 0 Å². The number of hydrogen-bond donors (Lipinski definition) is 2. The van der Waals surface area contributed by atoms with E-state index in [4.69, 9.17) is 5.73 Å². The average molecular weight is 213 g/mol. The Balaban J connectivity index is 2.40. The average Bonchev–Trinajstić information content (AvgIpc) is 2.22. The summed E-state index contributed by atoms with van der Waals surface area (Å²) in [6.45, 7) is 2.75. The Bertz CT molecular complexity index is 255. The molecule has 0 spiro atoms. The highest BCUT2D eigenvalue weighted by molar-refractivity contribution is 5.80. The summed E-state index contributed by atoms with van der Waals surface area (Å²) in [5.41, 5.74) is 5.40. The molecule has 0 aliphatic carbocycles. The second-order valence-electron chi connectivity index (χ2n) is 4.16. The van der Waals surface area contributed by atoms with Crippen LogP contribution in [-0.2, 0) is 9.59 Å². The van der Waals surface area contributed by atoms with Crippen LogP contribution in [0.15, 0.2) is 0 Å². The van der Waals surface area contributed by atoms with Gasteiger partial charge in [0.2, 0.25) is 11.8 Å². The molecule has 86 valence electrons. The highest BCUT2D eigenvalue weighted by atomic mass is 16.2. The van der Waals surface area contributed by atoms with E-state index in [0.29, 0.717) is 19.5 Å². The number of likely N-dealkylation sites (tertiary alicyclic amines) is 1. The molecule has 1 aliphatic heterocycles. The van der Waals surface area contributed by atoms with E-state index in [1.165, 1.54) is 0 Å². The molecule has 0 aromatic rings. The van der Waals surface area contributed by atoms with Gasteiger partial charge in [-0.3, -0.25) is 9.59 Å². The number of nitrogens with one attached hydrogen (secondary N) is 1. The molecule has 2 unspecified atom stereocenters. The Morgan fingerprint density at radius 2 is 2.40 bits per heavy atom. The van der Waals surface area contributed by atoms with Gasteiger partial charge in [-0.25, -0.2) is 0 Å². The van der Waals surface area contributed by atoms with Crippen molar-refractivity contribution < 1.29 is 9.59 Å². The SMILES string of the molecule is CC(CN)C(=O)NC1CCC(=O)N(C)C1. The van der Waals surface area contributed by atoms with Gasteiger partial charge in [0.15, 0.2) is 0 Å². The van der Waals surface area contributed by atoms with Crippen molar-refractivity contribution in [3.8, 4) is 0 Å². The Hall–Kier alpha value is -1.10. The van der Waals surface area contributed by atoms with Crippen LogP contribution in [0.1, 0.15) is 19.8 Å². The predicted molar refractivity (Wildman–Crippen MR) is 57.0 cm³/mol. The minimum Gasteiger partial charge on any atom is -0.351 e. The molecule has 5 heteroatoms. The van der Waals surface area contributed by atoms with Gasteiger partial charge in [-0.05, 0) is 6.42 Å². The number of nitrogens with two attached hydrogens (primary N) is 1. The summed E-state index contributed by atoms with van der Waals surface area (Å²) >= 11 is 0. The van der Waals surface area contributed by atoms with Crippen molar-refractivity contribution in [1.82, 2.24) is 10.2 Å². The summed E-state index contributed by atoms with van der Waals surface area (Å²) < 4.78 is 0. The minimum atomic E-state index is -0.159. The maximum atomic E-state index is 11.5. The Morgan fingerprint density at radius 3 is 2.93 bits per heavy atom. The molecule has 15 heavy (non-hydrogen) atoms. The zero-order chi connectivity index (χ0) is 11.4. The Labute approximate surface area is 90.0 Å². The third-order valence-electron chi connectivity index (χ3n) is 2.77. The zero-order valence-electron chi connectivity index (χ0n) is 9.32. The first kappa shape index (κ1) is 12.0. The molecule has 3 N–H and O–H groups in total. The second-order valence-corrected chi connectivity index (χ2v) is 4.16. The van der Waals surface area contributed by atoms with Crippen LogP contribution in [0.25, 0.3) is 0 Å². The lowest BCUT2D eigenvalue weighted by molar-refractivity contribution is -0.134. The van der Waals surface area contributed by atoms with Crippen molar-refractivity contribution in [1.29, 1.82) is 0 Å². The number of rotatable bonds is 3. The summed E-state index contributed by atoms with van der Waals surface area (Å²) in [5, 5.41) is 2.91. The van der Waals surface area contributed by atoms with Crippen LogP contribution in [0.4, 0.5) is 0 Å². The molecule has 0 aromatic heterocycles. The summed E-state index contributed by atoms with van der Waals surface area (Å²) in [5.74, 6) is -0.0365. The van der Waals surface area contributed by atoms with Gasteiger partial charge in [-0.1, -0.05) is 6.92 Å². The van der Waals surface area contributed by atoms with Crippen LogP contribution in [0, 0.1) is 5.92 Å². The predicted octanol–water partition coefficient (Wildman–Crippen LogP) is -0.682. The number of carbonyl (C=O) groups excluding carboxylic acids is 2. The van der Waals surface area contributed by atoms with Gasteiger partial charge in [0.1, 0.15) is 0 Å². The number of hydrogen-bond acceptors (Lipinski definition) is 3. The second kappa shape index (κ2) is 5.11. The minimum absolute atomic E-state index is 0.0229. The summed E-state index contributed by atoms with van der Waals surface area (Å²) in [6, 6.07) is 0.0780. The Morgan fingerprint density at radius 1 is 1.73 bits per heavy atom.